The lowest BCUT2D eigenvalue weighted by Crippen LogP contribution is -1.93. The molecule has 1 heterocycles. The molecule has 0 saturated heterocycles. The van der Waals surface area contributed by atoms with E-state index in [0.29, 0.717) is 22.9 Å². The van der Waals surface area contributed by atoms with Crippen molar-refractivity contribution >= 4 is 22.9 Å². The average Bonchev–Trinajstić information content (AvgIpc) is 2.80. The summed E-state index contributed by atoms with van der Waals surface area (Å²) < 4.78 is 5.55. The summed E-state index contributed by atoms with van der Waals surface area (Å²) in [7, 11) is 0. The summed E-state index contributed by atoms with van der Waals surface area (Å²) in [6.45, 7) is 0.503. The summed E-state index contributed by atoms with van der Waals surface area (Å²) in [5.74, 6) is 0.606. The first-order valence-electron chi connectivity index (χ1n) is 4.64. The van der Waals surface area contributed by atoms with Gasteiger partial charge in [0.25, 0.3) is 0 Å². The highest BCUT2D eigenvalue weighted by molar-refractivity contribution is 7.09. The fraction of sp³-hybridized carbons (Fsp3) is 0.0833. The lowest BCUT2D eigenvalue weighted by molar-refractivity contribution is 0.310. The van der Waals surface area contributed by atoms with Crippen molar-refractivity contribution in [3.8, 4) is 11.8 Å². The third-order valence-electron chi connectivity index (χ3n) is 2.01. The molecule has 0 unspecified atom stereocenters. The second kappa shape index (κ2) is 5.02. The van der Waals surface area contributed by atoms with E-state index in [9.17, 15) is 0 Å². The van der Waals surface area contributed by atoms with E-state index < -0.39 is 0 Å². The van der Waals surface area contributed by atoms with Crippen LogP contribution in [0.2, 0.25) is 5.02 Å². The molecule has 0 spiro atoms. The van der Waals surface area contributed by atoms with Gasteiger partial charge in [-0.2, -0.15) is 5.26 Å². The van der Waals surface area contributed by atoms with Gasteiger partial charge in [-0.25, -0.2) is 0 Å². The molecule has 1 aromatic carbocycles. The monoisotopic (exact) mass is 249 g/mol. The minimum absolute atomic E-state index is 0.468. The molecular formula is C12H8ClNOS. The predicted octanol–water partition coefficient (Wildman–Crippen LogP) is 3.85. The van der Waals surface area contributed by atoms with Crippen LogP contribution in [0.4, 0.5) is 0 Å². The molecule has 16 heavy (non-hydrogen) atoms. The number of halogens is 1. The van der Waals surface area contributed by atoms with Crippen molar-refractivity contribution in [2.75, 3.05) is 0 Å². The number of hydrogen-bond acceptors (Lipinski definition) is 3. The van der Waals surface area contributed by atoms with Gasteiger partial charge in [-0.15, -0.1) is 11.3 Å². The SMILES string of the molecule is N#Cc1ccc(OCc2cccs2)c(Cl)c1. The normalized spacial score (nSPS) is 9.75. The molecule has 2 rings (SSSR count). The fourth-order valence-electron chi connectivity index (χ4n) is 1.23. The van der Waals surface area contributed by atoms with Crippen LogP contribution in [-0.4, -0.2) is 0 Å². The summed E-state index contributed by atoms with van der Waals surface area (Å²) in [4.78, 5) is 1.14. The van der Waals surface area contributed by atoms with Crippen LogP contribution in [0.25, 0.3) is 0 Å². The van der Waals surface area contributed by atoms with Crippen LogP contribution in [0.5, 0.6) is 5.75 Å². The molecule has 0 aliphatic carbocycles. The number of nitrogens with zero attached hydrogens (tertiary/aromatic N) is 1. The molecule has 0 saturated carbocycles. The largest absolute Gasteiger partial charge is 0.487 e. The van der Waals surface area contributed by atoms with Crippen LogP contribution in [0.3, 0.4) is 0 Å². The van der Waals surface area contributed by atoms with Gasteiger partial charge >= 0.3 is 0 Å². The highest BCUT2D eigenvalue weighted by Crippen LogP contribution is 2.26. The zero-order valence-corrected chi connectivity index (χ0v) is 9.89. The van der Waals surface area contributed by atoms with E-state index in [-0.39, 0.29) is 0 Å². The summed E-state index contributed by atoms with van der Waals surface area (Å²) >= 11 is 7.61. The lowest BCUT2D eigenvalue weighted by Gasteiger charge is -2.06. The van der Waals surface area contributed by atoms with E-state index >= 15 is 0 Å². The maximum atomic E-state index is 8.69. The topological polar surface area (TPSA) is 33.0 Å². The van der Waals surface area contributed by atoms with Gasteiger partial charge in [0.1, 0.15) is 12.4 Å². The Morgan fingerprint density at radius 1 is 1.38 bits per heavy atom. The van der Waals surface area contributed by atoms with E-state index in [1.165, 1.54) is 0 Å². The first-order chi connectivity index (χ1) is 7.79. The number of nitriles is 1. The van der Waals surface area contributed by atoms with Gasteiger partial charge in [0.2, 0.25) is 0 Å². The average molecular weight is 250 g/mol. The van der Waals surface area contributed by atoms with Crippen LogP contribution in [0.15, 0.2) is 35.7 Å². The minimum atomic E-state index is 0.468. The van der Waals surface area contributed by atoms with Crippen molar-refractivity contribution in [1.82, 2.24) is 0 Å². The van der Waals surface area contributed by atoms with Crippen molar-refractivity contribution < 1.29 is 4.74 Å². The Morgan fingerprint density at radius 3 is 2.88 bits per heavy atom. The molecule has 0 amide bonds. The number of ether oxygens (including phenoxy) is 1. The third kappa shape index (κ3) is 2.54. The number of benzene rings is 1. The quantitative estimate of drug-likeness (QED) is 0.828. The molecule has 0 aliphatic rings. The Labute approximate surface area is 103 Å². The molecule has 80 valence electrons. The molecule has 0 bridgehead atoms. The van der Waals surface area contributed by atoms with Crippen molar-refractivity contribution in [1.29, 1.82) is 5.26 Å². The van der Waals surface area contributed by atoms with Crippen LogP contribution >= 0.6 is 22.9 Å². The van der Waals surface area contributed by atoms with Crippen molar-refractivity contribution in [2.45, 2.75) is 6.61 Å². The Kier molecular flexibility index (Phi) is 3.45. The van der Waals surface area contributed by atoms with E-state index in [0.717, 1.165) is 4.88 Å². The Bertz CT molecular complexity index is 516. The molecule has 0 N–H and O–H groups in total. The van der Waals surface area contributed by atoms with Gasteiger partial charge in [-0.1, -0.05) is 17.7 Å². The van der Waals surface area contributed by atoms with Crippen LogP contribution in [-0.2, 0) is 6.61 Å². The zero-order valence-electron chi connectivity index (χ0n) is 8.31. The second-order valence-corrected chi connectivity index (χ2v) is 4.56. The molecule has 4 heteroatoms. The summed E-state index contributed by atoms with van der Waals surface area (Å²) in [6, 6.07) is 11.0. The van der Waals surface area contributed by atoms with E-state index in [2.05, 4.69) is 0 Å². The van der Waals surface area contributed by atoms with E-state index in [1.54, 1.807) is 29.5 Å². The summed E-state index contributed by atoms with van der Waals surface area (Å²) in [5.41, 5.74) is 0.536. The van der Waals surface area contributed by atoms with E-state index in [1.807, 2.05) is 23.6 Å². The van der Waals surface area contributed by atoms with Gasteiger partial charge in [0, 0.05) is 4.88 Å². The second-order valence-electron chi connectivity index (χ2n) is 3.13. The molecule has 2 nitrogen and oxygen atoms in total. The molecular weight excluding hydrogens is 242 g/mol. The molecule has 0 radical (unpaired) electrons. The van der Waals surface area contributed by atoms with Gasteiger partial charge in [-0.05, 0) is 29.6 Å². The molecule has 0 aliphatic heterocycles. The van der Waals surface area contributed by atoms with Gasteiger partial charge in [-0.3, -0.25) is 0 Å². The van der Waals surface area contributed by atoms with Gasteiger partial charge < -0.3 is 4.74 Å². The fourth-order valence-corrected chi connectivity index (χ4v) is 2.08. The van der Waals surface area contributed by atoms with Crippen molar-refractivity contribution in [3.05, 3.63) is 51.2 Å². The lowest BCUT2D eigenvalue weighted by atomic mass is 10.2. The first-order valence-corrected chi connectivity index (χ1v) is 5.90. The van der Waals surface area contributed by atoms with Gasteiger partial charge in [0.05, 0.1) is 16.7 Å². The van der Waals surface area contributed by atoms with Crippen molar-refractivity contribution in [3.63, 3.8) is 0 Å². The number of hydrogen-bond donors (Lipinski definition) is 0. The summed E-state index contributed by atoms with van der Waals surface area (Å²) in [5, 5.41) is 11.2. The molecule has 1 aromatic heterocycles. The maximum absolute atomic E-state index is 8.69. The standard InChI is InChI=1S/C12H8ClNOS/c13-11-6-9(7-14)3-4-12(11)15-8-10-2-1-5-16-10/h1-6H,8H2. The minimum Gasteiger partial charge on any atom is -0.487 e. The Morgan fingerprint density at radius 2 is 2.25 bits per heavy atom. The van der Waals surface area contributed by atoms with Crippen LogP contribution in [0, 0.1) is 11.3 Å². The molecule has 0 atom stereocenters. The smallest absolute Gasteiger partial charge is 0.138 e. The highest BCUT2D eigenvalue weighted by Gasteiger charge is 2.03. The molecule has 2 aromatic rings. The Hall–Kier alpha value is -1.50. The van der Waals surface area contributed by atoms with Gasteiger partial charge in [0.15, 0.2) is 0 Å². The van der Waals surface area contributed by atoms with E-state index in [4.69, 9.17) is 21.6 Å². The number of rotatable bonds is 3. The zero-order chi connectivity index (χ0) is 11.4. The van der Waals surface area contributed by atoms with Crippen LogP contribution < -0.4 is 4.74 Å². The summed E-state index contributed by atoms with van der Waals surface area (Å²) in [6.07, 6.45) is 0. The maximum Gasteiger partial charge on any atom is 0.138 e. The Balaban J connectivity index is 2.08. The van der Waals surface area contributed by atoms with Crippen molar-refractivity contribution in [2.24, 2.45) is 0 Å². The number of thiophene rings is 1. The third-order valence-corrected chi connectivity index (χ3v) is 3.16. The predicted molar refractivity (Wildman–Crippen MR) is 64.8 cm³/mol. The highest BCUT2D eigenvalue weighted by atomic mass is 35.5. The van der Waals surface area contributed by atoms with Crippen LogP contribution in [0.1, 0.15) is 10.4 Å². The first kappa shape index (κ1) is 11.0. The molecule has 0 fully saturated rings.